The summed E-state index contributed by atoms with van der Waals surface area (Å²) >= 11 is 0. The average molecular weight is 243 g/mol. The Hall–Kier alpha value is -1.10. The molecule has 1 heterocycles. The summed E-state index contributed by atoms with van der Waals surface area (Å²) in [6.45, 7) is 6.50. The van der Waals surface area contributed by atoms with Gasteiger partial charge in [0.05, 0.1) is 19.3 Å². The van der Waals surface area contributed by atoms with E-state index in [1.807, 2.05) is 13.8 Å². The first kappa shape index (κ1) is 14.0. The quantitative estimate of drug-likeness (QED) is 0.812. The van der Waals surface area contributed by atoms with Gasteiger partial charge in [-0.2, -0.15) is 0 Å². The van der Waals surface area contributed by atoms with E-state index in [0.717, 1.165) is 12.8 Å². The summed E-state index contributed by atoms with van der Waals surface area (Å²) in [6.07, 6.45) is 0.842. The zero-order valence-electron chi connectivity index (χ0n) is 10.7. The monoisotopic (exact) mass is 243 g/mol. The summed E-state index contributed by atoms with van der Waals surface area (Å²) < 4.78 is 10.4. The van der Waals surface area contributed by atoms with Crippen molar-refractivity contribution in [1.82, 2.24) is 5.32 Å². The molecule has 0 bridgehead atoms. The van der Waals surface area contributed by atoms with Crippen LogP contribution in [0.3, 0.4) is 0 Å². The first-order valence-electron chi connectivity index (χ1n) is 6.06. The molecule has 1 aliphatic rings. The highest BCUT2D eigenvalue weighted by Crippen LogP contribution is 2.11. The molecule has 1 amide bonds. The van der Waals surface area contributed by atoms with Crippen LogP contribution < -0.4 is 5.32 Å². The smallest absolute Gasteiger partial charge is 0.408 e. The maximum Gasteiger partial charge on any atom is 0.408 e. The van der Waals surface area contributed by atoms with Crippen LogP contribution in [0.5, 0.6) is 0 Å². The standard InChI is InChI=1S/C12H21NO4/c1-8(2)11(9(3)14)13-12(15)17-10-4-6-16-7-5-10/h8,10-11H,4-7H2,1-3H3,(H,13,15). The first-order valence-corrected chi connectivity index (χ1v) is 6.06. The number of carbonyl (C=O) groups excluding carboxylic acids is 2. The fourth-order valence-corrected chi connectivity index (χ4v) is 1.84. The SMILES string of the molecule is CC(=O)C(NC(=O)OC1CCOCC1)C(C)C. The Labute approximate surface area is 102 Å². The van der Waals surface area contributed by atoms with E-state index in [-0.39, 0.29) is 17.8 Å². The Morgan fingerprint density at radius 1 is 1.29 bits per heavy atom. The Morgan fingerprint density at radius 3 is 2.35 bits per heavy atom. The number of ketones is 1. The van der Waals surface area contributed by atoms with Crippen LogP contribution >= 0.6 is 0 Å². The van der Waals surface area contributed by atoms with E-state index in [9.17, 15) is 9.59 Å². The van der Waals surface area contributed by atoms with Gasteiger partial charge in [-0.3, -0.25) is 4.79 Å². The minimum atomic E-state index is -0.509. The highest BCUT2D eigenvalue weighted by Gasteiger charge is 2.24. The summed E-state index contributed by atoms with van der Waals surface area (Å²) in [4.78, 5) is 22.9. The number of amides is 1. The van der Waals surface area contributed by atoms with Gasteiger partial charge in [-0.25, -0.2) is 4.79 Å². The van der Waals surface area contributed by atoms with Crippen LogP contribution in [0.1, 0.15) is 33.6 Å². The van der Waals surface area contributed by atoms with Crippen molar-refractivity contribution < 1.29 is 19.1 Å². The molecule has 1 aliphatic heterocycles. The van der Waals surface area contributed by atoms with Gasteiger partial charge < -0.3 is 14.8 Å². The number of alkyl carbamates (subject to hydrolysis) is 1. The highest BCUT2D eigenvalue weighted by atomic mass is 16.6. The third kappa shape index (κ3) is 4.73. The third-order valence-corrected chi connectivity index (χ3v) is 2.82. The molecule has 0 aromatic heterocycles. The van der Waals surface area contributed by atoms with Crippen LogP contribution in [0.15, 0.2) is 0 Å². The molecule has 17 heavy (non-hydrogen) atoms. The number of carbonyl (C=O) groups is 2. The molecular formula is C12H21NO4. The second-order valence-electron chi connectivity index (χ2n) is 4.69. The van der Waals surface area contributed by atoms with Gasteiger partial charge >= 0.3 is 6.09 Å². The molecule has 0 aromatic carbocycles. The van der Waals surface area contributed by atoms with E-state index in [1.54, 1.807) is 0 Å². The van der Waals surface area contributed by atoms with Crippen molar-refractivity contribution in [1.29, 1.82) is 0 Å². The zero-order valence-corrected chi connectivity index (χ0v) is 10.7. The zero-order chi connectivity index (χ0) is 12.8. The summed E-state index contributed by atoms with van der Waals surface area (Å²) in [5.41, 5.74) is 0. The van der Waals surface area contributed by atoms with Crippen molar-refractivity contribution in [3.63, 3.8) is 0 Å². The van der Waals surface area contributed by atoms with Crippen LogP contribution in [0.4, 0.5) is 4.79 Å². The van der Waals surface area contributed by atoms with Gasteiger partial charge in [0.1, 0.15) is 6.10 Å². The predicted octanol–water partition coefficient (Wildman–Crippen LogP) is 1.51. The maximum absolute atomic E-state index is 11.6. The van der Waals surface area contributed by atoms with Gasteiger partial charge in [-0.15, -0.1) is 0 Å². The van der Waals surface area contributed by atoms with Crippen molar-refractivity contribution >= 4 is 11.9 Å². The number of hydrogen-bond acceptors (Lipinski definition) is 4. The van der Waals surface area contributed by atoms with Crippen LogP contribution in [0, 0.1) is 5.92 Å². The number of rotatable bonds is 4. The molecule has 1 atom stereocenters. The number of nitrogens with one attached hydrogen (secondary N) is 1. The molecule has 98 valence electrons. The van der Waals surface area contributed by atoms with Crippen molar-refractivity contribution in [2.45, 2.75) is 45.8 Å². The van der Waals surface area contributed by atoms with Crippen molar-refractivity contribution in [3.05, 3.63) is 0 Å². The topological polar surface area (TPSA) is 64.6 Å². The maximum atomic E-state index is 11.6. The lowest BCUT2D eigenvalue weighted by Crippen LogP contribution is -2.45. The van der Waals surface area contributed by atoms with Gasteiger partial charge in [-0.1, -0.05) is 13.8 Å². The summed E-state index contributed by atoms with van der Waals surface area (Å²) in [6, 6.07) is -0.470. The molecule has 0 radical (unpaired) electrons. The molecule has 5 heteroatoms. The molecule has 1 unspecified atom stereocenters. The molecular weight excluding hydrogens is 222 g/mol. The lowest BCUT2D eigenvalue weighted by Gasteiger charge is -2.24. The average Bonchev–Trinajstić information content (AvgIpc) is 2.26. The normalized spacial score (nSPS) is 18.8. The first-order chi connectivity index (χ1) is 8.00. The summed E-state index contributed by atoms with van der Waals surface area (Å²) in [5, 5.41) is 2.61. The molecule has 0 aliphatic carbocycles. The van der Waals surface area contributed by atoms with Gasteiger partial charge in [0.2, 0.25) is 0 Å². The third-order valence-electron chi connectivity index (χ3n) is 2.82. The minimum Gasteiger partial charge on any atom is -0.446 e. The molecule has 0 saturated carbocycles. The second kappa shape index (κ2) is 6.59. The molecule has 0 aromatic rings. The number of Topliss-reactive ketones (excluding diaryl/α,β-unsaturated/α-hetero) is 1. The number of ether oxygens (including phenoxy) is 2. The van der Waals surface area contributed by atoms with Crippen molar-refractivity contribution in [2.24, 2.45) is 5.92 Å². The minimum absolute atomic E-state index is 0.0519. The van der Waals surface area contributed by atoms with Crippen LogP contribution in [-0.4, -0.2) is 37.2 Å². The van der Waals surface area contributed by atoms with Crippen molar-refractivity contribution in [3.8, 4) is 0 Å². The predicted molar refractivity (Wildman–Crippen MR) is 62.8 cm³/mol. The van der Waals surface area contributed by atoms with E-state index in [2.05, 4.69) is 5.32 Å². The van der Waals surface area contributed by atoms with Crippen LogP contribution in [-0.2, 0) is 14.3 Å². The molecule has 5 nitrogen and oxygen atoms in total. The molecule has 0 spiro atoms. The lowest BCUT2D eigenvalue weighted by atomic mass is 10.0. The molecule has 1 N–H and O–H groups in total. The Bertz CT molecular complexity index is 272. The highest BCUT2D eigenvalue weighted by molar-refractivity contribution is 5.85. The largest absolute Gasteiger partial charge is 0.446 e. The lowest BCUT2D eigenvalue weighted by molar-refractivity contribution is -0.119. The molecule has 1 fully saturated rings. The molecule has 1 saturated heterocycles. The Kier molecular flexibility index (Phi) is 5.41. The van der Waals surface area contributed by atoms with E-state index >= 15 is 0 Å². The van der Waals surface area contributed by atoms with Gasteiger partial charge in [0.25, 0.3) is 0 Å². The summed E-state index contributed by atoms with van der Waals surface area (Å²) in [7, 11) is 0. The van der Waals surface area contributed by atoms with E-state index in [4.69, 9.17) is 9.47 Å². The van der Waals surface area contributed by atoms with E-state index < -0.39 is 12.1 Å². The van der Waals surface area contributed by atoms with Crippen LogP contribution in [0.2, 0.25) is 0 Å². The Morgan fingerprint density at radius 2 is 1.88 bits per heavy atom. The van der Waals surface area contributed by atoms with Crippen LogP contribution in [0.25, 0.3) is 0 Å². The van der Waals surface area contributed by atoms with Gasteiger partial charge in [0, 0.05) is 12.8 Å². The summed E-state index contributed by atoms with van der Waals surface area (Å²) in [5.74, 6) is 0.0127. The van der Waals surface area contributed by atoms with Gasteiger partial charge in [-0.05, 0) is 12.8 Å². The van der Waals surface area contributed by atoms with E-state index in [1.165, 1.54) is 6.92 Å². The van der Waals surface area contributed by atoms with Gasteiger partial charge in [0.15, 0.2) is 5.78 Å². The van der Waals surface area contributed by atoms with Crippen molar-refractivity contribution in [2.75, 3.05) is 13.2 Å². The Balaban J connectivity index is 2.38. The van der Waals surface area contributed by atoms with E-state index in [0.29, 0.717) is 13.2 Å². The fourth-order valence-electron chi connectivity index (χ4n) is 1.84. The number of hydrogen-bond donors (Lipinski definition) is 1. The second-order valence-corrected chi connectivity index (χ2v) is 4.69. The molecule has 1 rings (SSSR count). The fraction of sp³-hybridized carbons (Fsp3) is 0.833.